The molecule has 0 saturated heterocycles. The van der Waals surface area contributed by atoms with Gasteiger partial charge in [-0.25, -0.2) is 9.97 Å². The zero-order valence-electron chi connectivity index (χ0n) is 6.87. The molecule has 4 nitrogen and oxygen atoms in total. The minimum atomic E-state index is 0.143. The van der Waals surface area contributed by atoms with Crippen LogP contribution in [0.2, 0.25) is 5.15 Å². The molecule has 6 heteroatoms. The molecular formula is C8H5BrClN3O. The summed E-state index contributed by atoms with van der Waals surface area (Å²) in [5, 5.41) is 0.277. The Hall–Kier alpha value is -1.07. The zero-order valence-corrected chi connectivity index (χ0v) is 9.21. The van der Waals surface area contributed by atoms with E-state index < -0.39 is 0 Å². The minimum Gasteiger partial charge on any atom is -0.449 e. The SMILES string of the molecule is Nc1ncc(-c2ccc(Br)o2)c(Cl)n1. The van der Waals surface area contributed by atoms with Crippen LogP contribution < -0.4 is 5.73 Å². The molecule has 0 aromatic carbocycles. The molecule has 2 N–H and O–H groups in total. The van der Waals surface area contributed by atoms with E-state index in [0.29, 0.717) is 16.0 Å². The van der Waals surface area contributed by atoms with Crippen LogP contribution >= 0.6 is 27.5 Å². The summed E-state index contributed by atoms with van der Waals surface area (Å²) in [6.07, 6.45) is 1.52. The lowest BCUT2D eigenvalue weighted by molar-refractivity contribution is 0.555. The number of halogens is 2. The van der Waals surface area contributed by atoms with Gasteiger partial charge in [-0.05, 0) is 28.1 Å². The molecule has 2 aromatic heterocycles. The highest BCUT2D eigenvalue weighted by Crippen LogP contribution is 2.29. The molecular weight excluding hydrogens is 269 g/mol. The summed E-state index contributed by atoms with van der Waals surface area (Å²) < 4.78 is 5.93. The maximum atomic E-state index is 5.87. The van der Waals surface area contributed by atoms with Crippen LogP contribution in [-0.4, -0.2) is 9.97 Å². The molecule has 0 amide bonds. The predicted octanol–water partition coefficient (Wildman–Crippen LogP) is 2.73. The van der Waals surface area contributed by atoms with E-state index in [4.69, 9.17) is 21.8 Å². The zero-order chi connectivity index (χ0) is 10.1. The molecule has 2 heterocycles. The van der Waals surface area contributed by atoms with Crippen LogP contribution in [0, 0.1) is 0 Å². The second-order valence-corrected chi connectivity index (χ2v) is 3.68. The molecule has 0 saturated carbocycles. The van der Waals surface area contributed by atoms with Gasteiger partial charge in [-0.15, -0.1) is 0 Å². The van der Waals surface area contributed by atoms with Gasteiger partial charge in [-0.2, -0.15) is 0 Å². The van der Waals surface area contributed by atoms with Crippen molar-refractivity contribution < 1.29 is 4.42 Å². The third-order valence-corrected chi connectivity index (χ3v) is 2.31. The maximum absolute atomic E-state index is 5.87. The van der Waals surface area contributed by atoms with Crippen molar-refractivity contribution in [3.63, 3.8) is 0 Å². The van der Waals surface area contributed by atoms with Gasteiger partial charge in [-0.3, -0.25) is 0 Å². The van der Waals surface area contributed by atoms with Crippen molar-refractivity contribution in [3.8, 4) is 11.3 Å². The molecule has 0 fully saturated rings. The summed E-state index contributed by atoms with van der Waals surface area (Å²) >= 11 is 9.06. The van der Waals surface area contributed by atoms with E-state index >= 15 is 0 Å². The van der Waals surface area contributed by atoms with Gasteiger partial charge in [0.15, 0.2) is 4.67 Å². The van der Waals surface area contributed by atoms with E-state index in [1.54, 1.807) is 12.1 Å². The molecule has 0 aliphatic rings. The van der Waals surface area contributed by atoms with Gasteiger partial charge in [0.05, 0.1) is 5.56 Å². The van der Waals surface area contributed by atoms with Gasteiger partial charge in [-0.1, -0.05) is 11.6 Å². The van der Waals surface area contributed by atoms with Gasteiger partial charge in [0.25, 0.3) is 0 Å². The number of hydrogen-bond acceptors (Lipinski definition) is 4. The van der Waals surface area contributed by atoms with Crippen LogP contribution in [0.3, 0.4) is 0 Å². The average Bonchev–Trinajstić information content (AvgIpc) is 2.51. The standard InChI is InChI=1S/C8H5BrClN3O/c9-6-2-1-5(14-6)4-3-12-8(11)13-7(4)10/h1-3H,(H2,11,12,13). The van der Waals surface area contributed by atoms with Crippen molar-refractivity contribution in [1.82, 2.24) is 9.97 Å². The monoisotopic (exact) mass is 273 g/mol. The molecule has 0 radical (unpaired) electrons. The maximum Gasteiger partial charge on any atom is 0.221 e. The summed E-state index contributed by atoms with van der Waals surface area (Å²) in [4.78, 5) is 7.65. The number of furan rings is 1. The molecule has 72 valence electrons. The molecule has 0 aliphatic carbocycles. The number of hydrogen-bond donors (Lipinski definition) is 1. The first kappa shape index (κ1) is 9.48. The average molecular weight is 275 g/mol. The number of nitrogen functional groups attached to an aromatic ring is 1. The highest BCUT2D eigenvalue weighted by molar-refractivity contribution is 9.10. The Balaban J connectivity index is 2.52. The second kappa shape index (κ2) is 3.59. The van der Waals surface area contributed by atoms with E-state index in [-0.39, 0.29) is 11.1 Å². The molecule has 0 spiro atoms. The first-order valence-electron chi connectivity index (χ1n) is 3.70. The van der Waals surface area contributed by atoms with Crippen LogP contribution in [0.4, 0.5) is 5.95 Å². The topological polar surface area (TPSA) is 64.9 Å². The third kappa shape index (κ3) is 1.73. The fourth-order valence-electron chi connectivity index (χ4n) is 0.998. The number of rotatable bonds is 1. The Morgan fingerprint density at radius 3 is 2.79 bits per heavy atom. The van der Waals surface area contributed by atoms with Crippen LogP contribution in [0.1, 0.15) is 0 Å². The van der Waals surface area contributed by atoms with Gasteiger partial charge in [0.1, 0.15) is 10.9 Å². The highest BCUT2D eigenvalue weighted by Gasteiger charge is 2.09. The Bertz CT molecular complexity index is 471. The summed E-state index contributed by atoms with van der Waals surface area (Å²) in [6, 6.07) is 3.53. The summed E-state index contributed by atoms with van der Waals surface area (Å²) in [5.74, 6) is 0.742. The van der Waals surface area contributed by atoms with Crippen molar-refractivity contribution in [3.05, 3.63) is 28.2 Å². The smallest absolute Gasteiger partial charge is 0.221 e. The van der Waals surface area contributed by atoms with E-state index in [9.17, 15) is 0 Å². The number of aromatic nitrogens is 2. The predicted molar refractivity (Wildman–Crippen MR) is 56.9 cm³/mol. The molecule has 2 aromatic rings. The fraction of sp³-hybridized carbons (Fsp3) is 0. The quantitative estimate of drug-likeness (QED) is 0.812. The lowest BCUT2D eigenvalue weighted by Gasteiger charge is -1.99. The van der Waals surface area contributed by atoms with E-state index in [0.717, 1.165) is 0 Å². The van der Waals surface area contributed by atoms with Crippen LogP contribution in [0.25, 0.3) is 11.3 Å². The van der Waals surface area contributed by atoms with Crippen LogP contribution in [-0.2, 0) is 0 Å². The Labute approximate surface area is 93.2 Å². The minimum absolute atomic E-state index is 0.143. The van der Waals surface area contributed by atoms with Gasteiger partial charge in [0.2, 0.25) is 5.95 Å². The molecule has 2 rings (SSSR count). The number of nitrogens with zero attached hydrogens (tertiary/aromatic N) is 2. The first-order chi connectivity index (χ1) is 6.66. The van der Waals surface area contributed by atoms with Crippen molar-refractivity contribution in [2.75, 3.05) is 5.73 Å². The normalized spacial score (nSPS) is 10.4. The third-order valence-electron chi connectivity index (χ3n) is 1.60. The summed E-state index contributed by atoms with van der Waals surface area (Å²) in [5.41, 5.74) is 5.98. The van der Waals surface area contributed by atoms with Crippen molar-refractivity contribution >= 4 is 33.5 Å². The van der Waals surface area contributed by atoms with Crippen molar-refractivity contribution in [2.45, 2.75) is 0 Å². The van der Waals surface area contributed by atoms with Gasteiger partial charge >= 0.3 is 0 Å². The lowest BCUT2D eigenvalue weighted by Crippen LogP contribution is -1.95. The van der Waals surface area contributed by atoms with Crippen LogP contribution in [0.15, 0.2) is 27.4 Å². The van der Waals surface area contributed by atoms with Gasteiger partial charge < -0.3 is 10.2 Å². The van der Waals surface area contributed by atoms with Crippen molar-refractivity contribution in [2.24, 2.45) is 0 Å². The van der Waals surface area contributed by atoms with E-state index in [2.05, 4.69) is 25.9 Å². The Morgan fingerprint density at radius 2 is 2.21 bits per heavy atom. The Morgan fingerprint density at radius 1 is 1.43 bits per heavy atom. The van der Waals surface area contributed by atoms with Gasteiger partial charge in [0, 0.05) is 6.20 Å². The fourth-order valence-corrected chi connectivity index (χ4v) is 1.53. The van der Waals surface area contributed by atoms with Crippen molar-refractivity contribution in [1.29, 1.82) is 0 Å². The van der Waals surface area contributed by atoms with E-state index in [1.807, 2.05) is 0 Å². The molecule has 0 unspecified atom stereocenters. The Kier molecular flexibility index (Phi) is 2.43. The number of anilines is 1. The molecule has 0 aliphatic heterocycles. The van der Waals surface area contributed by atoms with E-state index in [1.165, 1.54) is 6.20 Å². The molecule has 14 heavy (non-hydrogen) atoms. The highest BCUT2D eigenvalue weighted by atomic mass is 79.9. The summed E-state index contributed by atoms with van der Waals surface area (Å²) in [7, 11) is 0. The number of nitrogens with two attached hydrogens (primary N) is 1. The van der Waals surface area contributed by atoms with Crippen LogP contribution in [0.5, 0.6) is 0 Å². The molecule has 0 bridgehead atoms. The largest absolute Gasteiger partial charge is 0.449 e. The first-order valence-corrected chi connectivity index (χ1v) is 4.87. The lowest BCUT2D eigenvalue weighted by atomic mass is 10.3. The molecule has 0 atom stereocenters. The summed E-state index contributed by atoms with van der Waals surface area (Å²) in [6.45, 7) is 0. The second-order valence-electron chi connectivity index (χ2n) is 2.54.